The maximum atomic E-state index is 5.78. The summed E-state index contributed by atoms with van der Waals surface area (Å²) in [6.45, 7) is 0.853. The molecular formula is C15H16BrNO3. The molecule has 0 saturated carbocycles. The van der Waals surface area contributed by atoms with E-state index in [1.165, 1.54) is 0 Å². The fourth-order valence-electron chi connectivity index (χ4n) is 1.64. The Hall–Kier alpha value is -1.88. The molecule has 0 fully saturated rings. The minimum atomic E-state index is 0.423. The Labute approximate surface area is 126 Å². The highest BCUT2D eigenvalue weighted by Gasteiger charge is 2.03. The van der Waals surface area contributed by atoms with Gasteiger partial charge in [0.2, 0.25) is 0 Å². The lowest BCUT2D eigenvalue weighted by molar-refractivity contribution is 0.217. The second kappa shape index (κ2) is 7.05. The molecule has 0 aliphatic rings. The molecule has 0 atom stereocenters. The van der Waals surface area contributed by atoms with Gasteiger partial charge in [0.15, 0.2) is 0 Å². The van der Waals surface area contributed by atoms with Crippen LogP contribution in [0.2, 0.25) is 0 Å². The molecule has 0 aliphatic heterocycles. The van der Waals surface area contributed by atoms with Gasteiger partial charge in [-0.2, -0.15) is 0 Å². The summed E-state index contributed by atoms with van der Waals surface area (Å²) in [5.41, 5.74) is 6.41. The normalized spacial score (nSPS) is 10.1. The zero-order valence-electron chi connectivity index (χ0n) is 11.1. The van der Waals surface area contributed by atoms with Crippen LogP contribution in [0, 0.1) is 0 Å². The highest BCUT2D eigenvalue weighted by atomic mass is 79.9. The van der Waals surface area contributed by atoms with Gasteiger partial charge >= 0.3 is 0 Å². The summed E-state index contributed by atoms with van der Waals surface area (Å²) >= 11 is 3.43. The van der Waals surface area contributed by atoms with Gasteiger partial charge < -0.3 is 19.9 Å². The third-order valence-corrected chi connectivity index (χ3v) is 3.28. The van der Waals surface area contributed by atoms with Crippen LogP contribution >= 0.6 is 15.9 Å². The summed E-state index contributed by atoms with van der Waals surface area (Å²) in [5, 5.41) is 0. The number of para-hydroxylation sites is 2. The van der Waals surface area contributed by atoms with Crippen LogP contribution in [0.15, 0.2) is 46.9 Å². The van der Waals surface area contributed by atoms with Crippen LogP contribution in [-0.2, 0) is 0 Å². The first-order valence-electron chi connectivity index (χ1n) is 6.14. The molecule has 0 aliphatic carbocycles. The smallest absolute Gasteiger partial charge is 0.142 e. The quantitative estimate of drug-likeness (QED) is 0.647. The summed E-state index contributed by atoms with van der Waals surface area (Å²) in [7, 11) is 1.63. The number of nitrogen functional groups attached to an aromatic ring is 1. The standard InChI is InChI=1S/C15H16BrNO3/c1-18-11-6-7-14(12(16)10-11)19-8-9-20-15-5-3-2-4-13(15)17/h2-7,10H,8-9,17H2,1H3. The molecule has 0 aromatic heterocycles. The van der Waals surface area contributed by atoms with Gasteiger partial charge in [-0.3, -0.25) is 0 Å². The van der Waals surface area contributed by atoms with Gasteiger partial charge in [0.05, 0.1) is 17.3 Å². The second-order valence-corrected chi connectivity index (χ2v) is 4.89. The first kappa shape index (κ1) is 14.5. The van der Waals surface area contributed by atoms with Crippen molar-refractivity contribution in [3.63, 3.8) is 0 Å². The Morgan fingerprint density at radius 2 is 1.70 bits per heavy atom. The zero-order chi connectivity index (χ0) is 14.4. The molecule has 5 heteroatoms. The Morgan fingerprint density at radius 1 is 1.00 bits per heavy atom. The third-order valence-electron chi connectivity index (χ3n) is 2.66. The van der Waals surface area contributed by atoms with E-state index in [0.29, 0.717) is 24.7 Å². The molecule has 0 unspecified atom stereocenters. The van der Waals surface area contributed by atoms with Crippen molar-refractivity contribution in [2.45, 2.75) is 0 Å². The maximum Gasteiger partial charge on any atom is 0.142 e. The van der Waals surface area contributed by atoms with Crippen molar-refractivity contribution in [1.29, 1.82) is 0 Å². The van der Waals surface area contributed by atoms with E-state index >= 15 is 0 Å². The number of rotatable bonds is 6. The van der Waals surface area contributed by atoms with E-state index in [9.17, 15) is 0 Å². The van der Waals surface area contributed by atoms with E-state index in [4.69, 9.17) is 19.9 Å². The molecule has 106 valence electrons. The number of ether oxygens (including phenoxy) is 3. The fraction of sp³-hybridized carbons (Fsp3) is 0.200. The van der Waals surface area contributed by atoms with Crippen LogP contribution in [0.1, 0.15) is 0 Å². The Morgan fingerprint density at radius 3 is 2.35 bits per heavy atom. The summed E-state index contributed by atoms with van der Waals surface area (Å²) in [6, 6.07) is 12.9. The second-order valence-electron chi connectivity index (χ2n) is 4.03. The van der Waals surface area contributed by atoms with Crippen molar-refractivity contribution < 1.29 is 14.2 Å². The number of nitrogens with two attached hydrogens (primary N) is 1. The maximum absolute atomic E-state index is 5.78. The molecule has 2 rings (SSSR count). The van der Waals surface area contributed by atoms with Crippen LogP contribution < -0.4 is 19.9 Å². The fourth-order valence-corrected chi connectivity index (χ4v) is 2.11. The van der Waals surface area contributed by atoms with Gasteiger partial charge in [0, 0.05) is 0 Å². The van der Waals surface area contributed by atoms with Gasteiger partial charge in [-0.1, -0.05) is 12.1 Å². The van der Waals surface area contributed by atoms with Crippen molar-refractivity contribution in [2.24, 2.45) is 0 Å². The summed E-state index contributed by atoms with van der Waals surface area (Å²) in [6.07, 6.45) is 0. The molecule has 4 nitrogen and oxygen atoms in total. The molecule has 0 bridgehead atoms. The molecule has 0 amide bonds. The number of anilines is 1. The van der Waals surface area contributed by atoms with Crippen LogP contribution in [0.3, 0.4) is 0 Å². The molecule has 0 heterocycles. The number of hydrogen-bond acceptors (Lipinski definition) is 4. The average Bonchev–Trinajstić information content (AvgIpc) is 2.46. The average molecular weight is 338 g/mol. The van der Waals surface area contributed by atoms with Gasteiger partial charge in [-0.25, -0.2) is 0 Å². The minimum absolute atomic E-state index is 0.423. The number of methoxy groups -OCH3 is 1. The van der Waals surface area contributed by atoms with Crippen molar-refractivity contribution >= 4 is 21.6 Å². The predicted molar refractivity (Wildman–Crippen MR) is 82.5 cm³/mol. The highest BCUT2D eigenvalue weighted by Crippen LogP contribution is 2.29. The topological polar surface area (TPSA) is 53.7 Å². The highest BCUT2D eigenvalue weighted by molar-refractivity contribution is 9.10. The van der Waals surface area contributed by atoms with E-state index in [-0.39, 0.29) is 0 Å². The van der Waals surface area contributed by atoms with E-state index in [2.05, 4.69) is 15.9 Å². The Balaban J connectivity index is 1.83. The molecule has 0 spiro atoms. The first-order valence-corrected chi connectivity index (χ1v) is 6.93. The predicted octanol–water partition coefficient (Wildman–Crippen LogP) is 3.50. The summed E-state index contributed by atoms with van der Waals surface area (Å²) in [5.74, 6) is 2.19. The van der Waals surface area contributed by atoms with Gasteiger partial charge in [0.1, 0.15) is 30.5 Å². The van der Waals surface area contributed by atoms with E-state index in [1.54, 1.807) is 13.2 Å². The van der Waals surface area contributed by atoms with Crippen molar-refractivity contribution in [3.05, 3.63) is 46.9 Å². The SMILES string of the molecule is COc1ccc(OCCOc2ccccc2N)c(Br)c1. The molecule has 2 N–H and O–H groups in total. The molecule has 20 heavy (non-hydrogen) atoms. The Kier molecular flexibility index (Phi) is 5.12. The largest absolute Gasteiger partial charge is 0.497 e. The third kappa shape index (κ3) is 3.81. The summed E-state index contributed by atoms with van der Waals surface area (Å²) < 4.78 is 17.1. The molecule has 0 saturated heterocycles. The van der Waals surface area contributed by atoms with Crippen LogP contribution in [0.5, 0.6) is 17.2 Å². The van der Waals surface area contributed by atoms with E-state index in [0.717, 1.165) is 16.0 Å². The van der Waals surface area contributed by atoms with E-state index in [1.807, 2.05) is 36.4 Å². The molecule has 2 aromatic rings. The molecular weight excluding hydrogens is 322 g/mol. The van der Waals surface area contributed by atoms with Crippen molar-refractivity contribution in [2.75, 3.05) is 26.1 Å². The van der Waals surface area contributed by atoms with Crippen molar-refractivity contribution in [1.82, 2.24) is 0 Å². The van der Waals surface area contributed by atoms with Gasteiger partial charge in [0.25, 0.3) is 0 Å². The lowest BCUT2D eigenvalue weighted by atomic mass is 10.3. The number of halogens is 1. The van der Waals surface area contributed by atoms with Gasteiger partial charge in [-0.05, 0) is 46.3 Å². The van der Waals surface area contributed by atoms with Crippen LogP contribution in [-0.4, -0.2) is 20.3 Å². The zero-order valence-corrected chi connectivity index (χ0v) is 12.7. The number of hydrogen-bond donors (Lipinski definition) is 1. The summed E-state index contributed by atoms with van der Waals surface area (Å²) in [4.78, 5) is 0. The molecule has 2 aromatic carbocycles. The lowest BCUT2D eigenvalue weighted by Gasteiger charge is -2.11. The van der Waals surface area contributed by atoms with Gasteiger partial charge in [-0.15, -0.1) is 0 Å². The van der Waals surface area contributed by atoms with Crippen LogP contribution in [0.25, 0.3) is 0 Å². The van der Waals surface area contributed by atoms with E-state index < -0.39 is 0 Å². The monoisotopic (exact) mass is 337 g/mol. The first-order chi connectivity index (χ1) is 9.70. The van der Waals surface area contributed by atoms with Crippen molar-refractivity contribution in [3.8, 4) is 17.2 Å². The minimum Gasteiger partial charge on any atom is -0.497 e. The number of benzene rings is 2. The Bertz CT molecular complexity index is 575. The molecule has 0 radical (unpaired) electrons. The van der Waals surface area contributed by atoms with Crippen LogP contribution in [0.4, 0.5) is 5.69 Å². The lowest BCUT2D eigenvalue weighted by Crippen LogP contribution is -2.10.